The second-order valence-corrected chi connectivity index (χ2v) is 7.57. The topological polar surface area (TPSA) is 90.5 Å². The first-order valence-electron chi connectivity index (χ1n) is 8.84. The van der Waals surface area contributed by atoms with Crippen LogP contribution in [0.3, 0.4) is 0 Å². The summed E-state index contributed by atoms with van der Waals surface area (Å²) in [4.78, 5) is 25.0. The number of carbonyl (C=O) groups is 1. The van der Waals surface area contributed by atoms with E-state index in [-0.39, 0.29) is 22.9 Å². The predicted octanol–water partition coefficient (Wildman–Crippen LogP) is 3.27. The van der Waals surface area contributed by atoms with E-state index in [0.717, 1.165) is 0 Å². The summed E-state index contributed by atoms with van der Waals surface area (Å²) in [6, 6.07) is 14.0. The number of nitrogens with zero attached hydrogens (tertiary/aromatic N) is 4. The first kappa shape index (κ1) is 20.0. The molecular weight excluding hydrogens is 426 g/mol. The van der Waals surface area contributed by atoms with Crippen LogP contribution in [0.25, 0.3) is 11.3 Å². The van der Waals surface area contributed by atoms with E-state index in [0.29, 0.717) is 27.3 Å². The Labute approximate surface area is 180 Å². The number of rotatable bonds is 6. The smallest absolute Gasteiger partial charge is 0.300 e. The molecule has 8 nitrogen and oxygen atoms in total. The molecule has 0 bridgehead atoms. The van der Waals surface area contributed by atoms with Crippen molar-refractivity contribution in [2.45, 2.75) is 5.16 Å². The van der Waals surface area contributed by atoms with Crippen LogP contribution >= 0.6 is 23.4 Å². The highest BCUT2D eigenvalue weighted by molar-refractivity contribution is 7.99. The lowest BCUT2D eigenvalue weighted by Gasteiger charge is -2.07. The van der Waals surface area contributed by atoms with Crippen molar-refractivity contribution in [3.05, 3.63) is 76.3 Å². The van der Waals surface area contributed by atoms with Crippen LogP contribution in [0, 0.1) is 0 Å². The first-order chi connectivity index (χ1) is 14.5. The largest absolute Gasteiger partial charge is 0.497 e. The average Bonchev–Trinajstić information content (AvgIpc) is 3.17. The third-order valence-electron chi connectivity index (χ3n) is 4.23. The normalized spacial score (nSPS) is 10.9. The zero-order valence-electron chi connectivity index (χ0n) is 15.8. The van der Waals surface area contributed by atoms with Crippen molar-refractivity contribution in [1.29, 1.82) is 0 Å². The van der Waals surface area contributed by atoms with Crippen molar-refractivity contribution in [2.75, 3.05) is 18.2 Å². The van der Waals surface area contributed by atoms with Crippen molar-refractivity contribution in [2.24, 2.45) is 0 Å². The number of fused-ring (bicyclic) bond motifs is 1. The number of carbonyl (C=O) groups excluding carboxylic acids is 1. The summed E-state index contributed by atoms with van der Waals surface area (Å²) in [7, 11) is 1.58. The molecule has 152 valence electrons. The summed E-state index contributed by atoms with van der Waals surface area (Å²) in [6.45, 7) is 0. The Bertz CT molecular complexity index is 1270. The second kappa shape index (κ2) is 8.60. The number of hydrogen-bond acceptors (Lipinski definition) is 6. The average molecular weight is 442 g/mol. The number of halogens is 1. The summed E-state index contributed by atoms with van der Waals surface area (Å²) in [5.74, 6) is 0.588. The molecule has 2 aromatic carbocycles. The molecule has 0 aliphatic carbocycles. The van der Waals surface area contributed by atoms with Crippen LogP contribution in [-0.2, 0) is 4.79 Å². The second-order valence-electron chi connectivity index (χ2n) is 6.19. The van der Waals surface area contributed by atoms with E-state index in [1.807, 2.05) is 0 Å². The van der Waals surface area contributed by atoms with Gasteiger partial charge in [0.2, 0.25) is 11.6 Å². The van der Waals surface area contributed by atoms with Gasteiger partial charge in [0, 0.05) is 28.8 Å². The molecule has 0 saturated carbocycles. The Morgan fingerprint density at radius 2 is 1.97 bits per heavy atom. The van der Waals surface area contributed by atoms with Gasteiger partial charge in [0.05, 0.1) is 12.9 Å². The number of benzene rings is 2. The fourth-order valence-electron chi connectivity index (χ4n) is 2.80. The van der Waals surface area contributed by atoms with Gasteiger partial charge in [-0.15, -0.1) is 10.2 Å². The molecule has 0 saturated heterocycles. The minimum Gasteiger partial charge on any atom is -0.497 e. The molecule has 0 atom stereocenters. The Morgan fingerprint density at radius 3 is 2.70 bits per heavy atom. The van der Waals surface area contributed by atoms with Crippen LogP contribution in [0.5, 0.6) is 5.75 Å². The van der Waals surface area contributed by atoms with Gasteiger partial charge in [-0.05, 0) is 42.5 Å². The number of nitrogens with one attached hydrogen (secondary N) is 1. The van der Waals surface area contributed by atoms with Crippen molar-refractivity contribution < 1.29 is 9.53 Å². The molecule has 0 unspecified atom stereocenters. The fraction of sp³-hybridized carbons (Fsp3) is 0.100. The number of ether oxygens (including phenoxy) is 1. The molecule has 30 heavy (non-hydrogen) atoms. The van der Waals surface area contributed by atoms with Gasteiger partial charge in [0.25, 0.3) is 0 Å². The lowest BCUT2D eigenvalue weighted by molar-refractivity contribution is -0.113. The van der Waals surface area contributed by atoms with E-state index < -0.39 is 0 Å². The lowest BCUT2D eigenvalue weighted by atomic mass is 10.3. The van der Waals surface area contributed by atoms with Gasteiger partial charge in [-0.25, -0.2) is 0 Å². The maximum absolute atomic E-state index is 12.8. The molecule has 0 radical (unpaired) electrons. The Balaban J connectivity index is 1.51. The molecule has 10 heteroatoms. The predicted molar refractivity (Wildman–Crippen MR) is 116 cm³/mol. The van der Waals surface area contributed by atoms with Crippen LogP contribution in [0.2, 0.25) is 5.02 Å². The number of thioether (sulfide) groups is 1. The van der Waals surface area contributed by atoms with Crippen molar-refractivity contribution >= 4 is 40.6 Å². The first-order valence-corrected chi connectivity index (χ1v) is 10.2. The minimum atomic E-state index is -0.314. The molecule has 0 aliphatic heterocycles. The molecule has 2 heterocycles. The summed E-state index contributed by atoms with van der Waals surface area (Å²) >= 11 is 7.11. The summed E-state index contributed by atoms with van der Waals surface area (Å²) < 4.78 is 8.19. The van der Waals surface area contributed by atoms with Crippen molar-refractivity contribution in [1.82, 2.24) is 19.2 Å². The third kappa shape index (κ3) is 4.17. The fourth-order valence-corrected chi connectivity index (χ4v) is 3.71. The molecular formula is C20H16ClN5O3S. The maximum Gasteiger partial charge on any atom is 0.300 e. The van der Waals surface area contributed by atoms with E-state index in [9.17, 15) is 9.59 Å². The number of anilines is 1. The van der Waals surface area contributed by atoms with Gasteiger partial charge in [-0.3, -0.25) is 18.6 Å². The van der Waals surface area contributed by atoms with Crippen LogP contribution < -0.4 is 15.6 Å². The summed E-state index contributed by atoms with van der Waals surface area (Å²) in [5, 5.41) is 11.8. The number of amides is 1. The SMILES string of the molecule is COc1ccc(-n2ccn3c(SCC(=O)Nc4cccc(Cl)c4)nnc3c2=O)cc1. The van der Waals surface area contributed by atoms with Gasteiger partial charge in [-0.2, -0.15) is 0 Å². The van der Waals surface area contributed by atoms with E-state index in [1.165, 1.54) is 16.3 Å². The highest BCUT2D eigenvalue weighted by Crippen LogP contribution is 2.19. The zero-order valence-corrected chi connectivity index (χ0v) is 17.4. The molecule has 0 aliphatic rings. The third-order valence-corrected chi connectivity index (χ3v) is 5.41. The summed E-state index contributed by atoms with van der Waals surface area (Å²) in [5.41, 5.74) is 1.15. The lowest BCUT2D eigenvalue weighted by Crippen LogP contribution is -2.20. The molecule has 4 rings (SSSR count). The highest BCUT2D eigenvalue weighted by Gasteiger charge is 2.14. The van der Waals surface area contributed by atoms with E-state index >= 15 is 0 Å². The molecule has 4 aromatic rings. The van der Waals surface area contributed by atoms with Gasteiger partial charge in [-0.1, -0.05) is 29.4 Å². The summed E-state index contributed by atoms with van der Waals surface area (Å²) in [6.07, 6.45) is 3.33. The highest BCUT2D eigenvalue weighted by atomic mass is 35.5. The quantitative estimate of drug-likeness (QED) is 0.462. The van der Waals surface area contributed by atoms with Crippen LogP contribution in [0.15, 0.2) is 70.9 Å². The Hall–Kier alpha value is -3.30. The van der Waals surface area contributed by atoms with Crippen LogP contribution in [0.4, 0.5) is 5.69 Å². The van der Waals surface area contributed by atoms with Crippen molar-refractivity contribution in [3.8, 4) is 11.4 Å². The molecule has 0 spiro atoms. The molecule has 1 N–H and O–H groups in total. The van der Waals surface area contributed by atoms with E-state index in [2.05, 4.69) is 15.5 Å². The standard InChI is InChI=1S/C20H16ClN5O3S/c1-29-16-7-5-15(6-8-16)25-9-10-26-18(19(25)28)23-24-20(26)30-12-17(27)22-14-4-2-3-13(21)11-14/h2-11H,12H2,1H3,(H,22,27). The number of methoxy groups -OCH3 is 1. The maximum atomic E-state index is 12.8. The Kier molecular flexibility index (Phi) is 5.73. The van der Waals surface area contributed by atoms with Gasteiger partial charge < -0.3 is 10.1 Å². The minimum absolute atomic E-state index is 0.106. The molecule has 1 amide bonds. The van der Waals surface area contributed by atoms with Crippen LogP contribution in [-0.4, -0.2) is 37.9 Å². The van der Waals surface area contributed by atoms with E-state index in [1.54, 1.807) is 72.4 Å². The van der Waals surface area contributed by atoms with E-state index in [4.69, 9.17) is 16.3 Å². The monoisotopic (exact) mass is 441 g/mol. The Morgan fingerprint density at radius 1 is 1.17 bits per heavy atom. The van der Waals surface area contributed by atoms with Gasteiger partial charge in [0.15, 0.2) is 5.16 Å². The van der Waals surface area contributed by atoms with Gasteiger partial charge in [0.1, 0.15) is 5.75 Å². The van der Waals surface area contributed by atoms with Gasteiger partial charge >= 0.3 is 5.56 Å². The van der Waals surface area contributed by atoms with Crippen molar-refractivity contribution in [3.63, 3.8) is 0 Å². The number of aromatic nitrogens is 4. The molecule has 2 aromatic heterocycles. The number of hydrogen-bond donors (Lipinski definition) is 1. The zero-order chi connectivity index (χ0) is 21.1. The van der Waals surface area contributed by atoms with Crippen LogP contribution in [0.1, 0.15) is 0 Å². The molecule has 0 fully saturated rings.